The molecule has 1 heterocycles. The summed E-state index contributed by atoms with van der Waals surface area (Å²) < 4.78 is 5.42. The molecule has 0 unspecified atom stereocenters. The van der Waals surface area contributed by atoms with E-state index in [1.807, 2.05) is 48.7 Å². The molecule has 0 aliphatic rings. The Morgan fingerprint density at radius 3 is 2.66 bits per heavy atom. The van der Waals surface area contributed by atoms with Crippen LogP contribution in [0, 0.1) is 0 Å². The van der Waals surface area contributed by atoms with Crippen molar-refractivity contribution in [3.8, 4) is 17.0 Å². The van der Waals surface area contributed by atoms with Crippen molar-refractivity contribution in [2.45, 2.75) is 6.92 Å². The third kappa shape index (κ3) is 4.70. The lowest BCUT2D eigenvalue weighted by atomic mass is 10.1. The van der Waals surface area contributed by atoms with E-state index in [0.29, 0.717) is 11.7 Å². The summed E-state index contributed by atoms with van der Waals surface area (Å²) in [5.41, 5.74) is 2.82. The second-order valence-electron chi connectivity index (χ2n) is 6.42. The Hall–Kier alpha value is -3.44. The van der Waals surface area contributed by atoms with Gasteiger partial charge < -0.3 is 4.74 Å². The highest BCUT2D eigenvalue weighted by Gasteiger charge is 2.07. The molecule has 3 aromatic carbocycles. The lowest BCUT2D eigenvalue weighted by Gasteiger charge is -2.02. The van der Waals surface area contributed by atoms with E-state index in [9.17, 15) is 4.79 Å². The van der Waals surface area contributed by atoms with E-state index in [1.165, 1.54) is 28.2 Å². The van der Waals surface area contributed by atoms with E-state index in [2.05, 4.69) is 40.6 Å². The summed E-state index contributed by atoms with van der Waals surface area (Å²) in [5.74, 6) is 0.608. The van der Waals surface area contributed by atoms with Gasteiger partial charge in [0.15, 0.2) is 5.13 Å². The van der Waals surface area contributed by atoms with Crippen molar-refractivity contribution in [3.05, 3.63) is 83.7 Å². The Morgan fingerprint density at radius 1 is 1.07 bits per heavy atom. The lowest BCUT2D eigenvalue weighted by molar-refractivity contribution is -0.111. The highest BCUT2D eigenvalue weighted by molar-refractivity contribution is 7.14. The Bertz CT molecular complexity index is 1160. The molecule has 29 heavy (non-hydrogen) atoms. The Labute approximate surface area is 173 Å². The van der Waals surface area contributed by atoms with Gasteiger partial charge in [-0.1, -0.05) is 48.5 Å². The van der Waals surface area contributed by atoms with Crippen LogP contribution < -0.4 is 10.1 Å². The highest BCUT2D eigenvalue weighted by atomic mass is 32.1. The second-order valence-corrected chi connectivity index (χ2v) is 7.28. The Kier molecular flexibility index (Phi) is 5.68. The number of thiazole rings is 1. The number of rotatable bonds is 6. The van der Waals surface area contributed by atoms with Crippen LogP contribution in [-0.2, 0) is 4.79 Å². The van der Waals surface area contributed by atoms with Crippen LogP contribution in [-0.4, -0.2) is 17.5 Å². The smallest absolute Gasteiger partial charge is 0.250 e. The fourth-order valence-corrected chi connectivity index (χ4v) is 3.70. The van der Waals surface area contributed by atoms with Crippen molar-refractivity contribution in [3.63, 3.8) is 0 Å². The molecule has 4 aromatic rings. The third-order valence-corrected chi connectivity index (χ3v) is 5.16. The predicted octanol–water partition coefficient (Wildman–Crippen LogP) is 6.01. The zero-order chi connectivity index (χ0) is 20.1. The van der Waals surface area contributed by atoms with Gasteiger partial charge in [0.05, 0.1) is 12.3 Å². The summed E-state index contributed by atoms with van der Waals surface area (Å²) in [5, 5.41) is 7.72. The first-order chi connectivity index (χ1) is 14.2. The first-order valence-corrected chi connectivity index (χ1v) is 10.3. The van der Waals surface area contributed by atoms with E-state index in [-0.39, 0.29) is 5.91 Å². The van der Waals surface area contributed by atoms with Gasteiger partial charge in [0.1, 0.15) is 5.75 Å². The molecule has 1 amide bonds. The lowest BCUT2D eigenvalue weighted by Crippen LogP contribution is -2.07. The van der Waals surface area contributed by atoms with Gasteiger partial charge in [-0.15, -0.1) is 11.3 Å². The number of carbonyl (C=O) groups is 1. The standard InChI is InChI=1S/C24H20N2O2S/c1-2-28-21-12-7-17(8-13-21)9-14-23(27)26-24-25-22(16-29-24)20-11-10-18-5-3-4-6-19(18)15-20/h3-16H,2H2,1H3,(H,25,26,27)/b14-9+. The molecule has 0 spiro atoms. The van der Waals surface area contributed by atoms with E-state index >= 15 is 0 Å². The Balaban J connectivity index is 1.42. The first kappa shape index (κ1) is 18.9. The maximum Gasteiger partial charge on any atom is 0.250 e. The normalized spacial score (nSPS) is 11.1. The van der Waals surface area contributed by atoms with Gasteiger partial charge in [-0.05, 0) is 47.5 Å². The van der Waals surface area contributed by atoms with Gasteiger partial charge in [-0.3, -0.25) is 10.1 Å². The number of nitrogens with zero attached hydrogens (tertiary/aromatic N) is 1. The van der Waals surface area contributed by atoms with Crippen molar-refractivity contribution in [1.29, 1.82) is 0 Å². The van der Waals surface area contributed by atoms with E-state index in [0.717, 1.165) is 22.6 Å². The molecule has 0 aliphatic carbocycles. The quantitative estimate of drug-likeness (QED) is 0.403. The molecular formula is C24H20N2O2S. The average molecular weight is 401 g/mol. The van der Waals surface area contributed by atoms with Gasteiger partial charge in [0.2, 0.25) is 5.91 Å². The number of nitrogens with one attached hydrogen (secondary N) is 1. The molecule has 1 aromatic heterocycles. The zero-order valence-corrected chi connectivity index (χ0v) is 16.8. The fraction of sp³-hybridized carbons (Fsp3) is 0.0833. The summed E-state index contributed by atoms with van der Waals surface area (Å²) in [6.07, 6.45) is 3.27. The Morgan fingerprint density at radius 2 is 1.86 bits per heavy atom. The van der Waals surface area contributed by atoms with Crippen molar-refractivity contribution in [2.24, 2.45) is 0 Å². The number of benzene rings is 3. The minimum atomic E-state index is -0.210. The summed E-state index contributed by atoms with van der Waals surface area (Å²) >= 11 is 1.41. The van der Waals surface area contributed by atoms with Crippen molar-refractivity contribution in [2.75, 3.05) is 11.9 Å². The van der Waals surface area contributed by atoms with Gasteiger partial charge in [0.25, 0.3) is 0 Å². The van der Waals surface area contributed by atoms with E-state index in [1.54, 1.807) is 6.08 Å². The first-order valence-electron chi connectivity index (χ1n) is 9.38. The van der Waals surface area contributed by atoms with Crippen LogP contribution in [0.2, 0.25) is 0 Å². The van der Waals surface area contributed by atoms with Gasteiger partial charge in [-0.2, -0.15) is 0 Å². The molecule has 4 rings (SSSR count). The maximum absolute atomic E-state index is 12.2. The van der Waals surface area contributed by atoms with Gasteiger partial charge in [0, 0.05) is 17.0 Å². The van der Waals surface area contributed by atoms with Crippen molar-refractivity contribution < 1.29 is 9.53 Å². The molecule has 4 nitrogen and oxygen atoms in total. The number of ether oxygens (including phenoxy) is 1. The number of amides is 1. The summed E-state index contributed by atoms with van der Waals surface area (Å²) in [7, 11) is 0. The number of aromatic nitrogens is 1. The van der Waals surface area contributed by atoms with Crippen molar-refractivity contribution >= 4 is 39.2 Å². The molecule has 5 heteroatoms. The molecular weight excluding hydrogens is 380 g/mol. The van der Waals surface area contributed by atoms with E-state index < -0.39 is 0 Å². The van der Waals surface area contributed by atoms with Gasteiger partial charge >= 0.3 is 0 Å². The van der Waals surface area contributed by atoms with Crippen LogP contribution in [0.25, 0.3) is 28.1 Å². The number of fused-ring (bicyclic) bond motifs is 1. The monoisotopic (exact) mass is 400 g/mol. The summed E-state index contributed by atoms with van der Waals surface area (Å²) in [6.45, 7) is 2.58. The molecule has 0 aliphatic heterocycles. The third-order valence-electron chi connectivity index (χ3n) is 4.40. The minimum absolute atomic E-state index is 0.210. The molecule has 0 saturated heterocycles. The molecule has 0 radical (unpaired) electrons. The number of anilines is 1. The SMILES string of the molecule is CCOc1ccc(/C=C/C(=O)Nc2nc(-c3ccc4ccccc4c3)cs2)cc1. The van der Waals surface area contributed by atoms with Crippen molar-refractivity contribution in [1.82, 2.24) is 4.98 Å². The minimum Gasteiger partial charge on any atom is -0.494 e. The molecule has 1 N–H and O–H groups in total. The number of hydrogen-bond acceptors (Lipinski definition) is 4. The molecule has 0 atom stereocenters. The van der Waals surface area contributed by atoms with Crippen LogP contribution in [0.1, 0.15) is 12.5 Å². The van der Waals surface area contributed by atoms with Crippen LogP contribution >= 0.6 is 11.3 Å². The molecule has 0 bridgehead atoms. The van der Waals surface area contributed by atoms with Crippen LogP contribution in [0.15, 0.2) is 78.2 Å². The summed E-state index contributed by atoms with van der Waals surface area (Å²) in [4.78, 5) is 16.8. The number of hydrogen-bond donors (Lipinski definition) is 1. The van der Waals surface area contributed by atoms with Crippen LogP contribution in [0.4, 0.5) is 5.13 Å². The molecule has 0 fully saturated rings. The van der Waals surface area contributed by atoms with Gasteiger partial charge in [-0.25, -0.2) is 4.98 Å². The maximum atomic E-state index is 12.2. The van der Waals surface area contributed by atoms with Crippen LogP contribution in [0.5, 0.6) is 5.75 Å². The number of carbonyl (C=O) groups excluding carboxylic acids is 1. The molecule has 144 valence electrons. The fourth-order valence-electron chi connectivity index (χ4n) is 2.97. The second kappa shape index (κ2) is 8.71. The largest absolute Gasteiger partial charge is 0.494 e. The van der Waals surface area contributed by atoms with Crippen LogP contribution in [0.3, 0.4) is 0 Å². The zero-order valence-electron chi connectivity index (χ0n) is 16.0. The topological polar surface area (TPSA) is 51.2 Å². The average Bonchev–Trinajstić information content (AvgIpc) is 3.21. The van der Waals surface area contributed by atoms with E-state index in [4.69, 9.17) is 4.74 Å². The predicted molar refractivity (Wildman–Crippen MR) is 120 cm³/mol. The summed E-state index contributed by atoms with van der Waals surface area (Å²) in [6, 6.07) is 22.1. The highest BCUT2D eigenvalue weighted by Crippen LogP contribution is 2.27. The molecule has 0 saturated carbocycles.